The molecule has 0 saturated heterocycles. The number of benzene rings is 1. The summed E-state index contributed by atoms with van der Waals surface area (Å²) in [6.07, 6.45) is 2.29. The summed E-state index contributed by atoms with van der Waals surface area (Å²) in [5.41, 5.74) is 1.89. The third kappa shape index (κ3) is 4.15. The van der Waals surface area contributed by atoms with Crippen molar-refractivity contribution in [2.45, 2.75) is 26.0 Å². The van der Waals surface area contributed by atoms with Gasteiger partial charge in [-0.3, -0.25) is 0 Å². The van der Waals surface area contributed by atoms with Crippen molar-refractivity contribution >= 4 is 0 Å². The van der Waals surface area contributed by atoms with Gasteiger partial charge in [0.15, 0.2) is 0 Å². The Morgan fingerprint density at radius 1 is 1.32 bits per heavy atom. The molecule has 1 aromatic heterocycles. The van der Waals surface area contributed by atoms with Gasteiger partial charge < -0.3 is 10.0 Å². The predicted molar refractivity (Wildman–Crippen MR) is 74.0 cm³/mol. The molecule has 0 amide bonds. The second-order valence-corrected chi connectivity index (χ2v) is 4.84. The van der Waals surface area contributed by atoms with Crippen molar-refractivity contribution in [3.8, 4) is 5.69 Å². The highest BCUT2D eigenvalue weighted by Crippen LogP contribution is 2.06. The fourth-order valence-corrected chi connectivity index (χ4v) is 1.82. The summed E-state index contributed by atoms with van der Waals surface area (Å²) in [5, 5.41) is 18.0. The maximum atomic E-state index is 9.26. The van der Waals surface area contributed by atoms with Gasteiger partial charge in [0.05, 0.1) is 23.7 Å². The van der Waals surface area contributed by atoms with E-state index < -0.39 is 0 Å². The van der Waals surface area contributed by atoms with Crippen LogP contribution in [-0.2, 0) is 6.54 Å². The van der Waals surface area contributed by atoms with Crippen molar-refractivity contribution in [2.24, 2.45) is 0 Å². The van der Waals surface area contributed by atoms with Crippen LogP contribution in [0.4, 0.5) is 0 Å². The summed E-state index contributed by atoms with van der Waals surface area (Å²) in [6.45, 7) is 3.38. The highest BCUT2D eigenvalue weighted by atomic mass is 16.3. The first kappa shape index (κ1) is 13.7. The molecule has 2 aromatic rings. The van der Waals surface area contributed by atoms with Gasteiger partial charge >= 0.3 is 0 Å². The van der Waals surface area contributed by atoms with E-state index in [1.807, 2.05) is 37.4 Å². The number of hydrogen-bond acceptors (Lipinski definition) is 4. The molecule has 0 spiro atoms. The first-order valence-corrected chi connectivity index (χ1v) is 6.48. The average Bonchev–Trinajstić information content (AvgIpc) is 2.86. The van der Waals surface area contributed by atoms with Gasteiger partial charge in [0, 0.05) is 13.1 Å². The Hall–Kier alpha value is -1.72. The van der Waals surface area contributed by atoms with E-state index in [2.05, 4.69) is 15.1 Å². The lowest BCUT2D eigenvalue weighted by atomic mass is 10.3. The fourth-order valence-electron chi connectivity index (χ4n) is 1.82. The van der Waals surface area contributed by atoms with Crippen molar-refractivity contribution in [3.63, 3.8) is 0 Å². The molecule has 19 heavy (non-hydrogen) atoms. The van der Waals surface area contributed by atoms with Crippen LogP contribution in [0.15, 0.2) is 36.5 Å². The van der Waals surface area contributed by atoms with E-state index in [4.69, 9.17) is 0 Å². The van der Waals surface area contributed by atoms with Gasteiger partial charge in [-0.25, -0.2) is 0 Å². The van der Waals surface area contributed by atoms with Crippen molar-refractivity contribution in [1.82, 2.24) is 19.9 Å². The molecule has 5 nitrogen and oxygen atoms in total. The minimum Gasteiger partial charge on any atom is -0.393 e. The minimum absolute atomic E-state index is 0.262. The summed E-state index contributed by atoms with van der Waals surface area (Å²) in [5.74, 6) is 0. The summed E-state index contributed by atoms with van der Waals surface area (Å²) in [4.78, 5) is 3.77. The predicted octanol–water partition coefficient (Wildman–Crippen LogP) is 1.47. The van der Waals surface area contributed by atoms with Crippen LogP contribution in [-0.4, -0.2) is 44.7 Å². The molecule has 1 unspecified atom stereocenters. The molecule has 0 aliphatic carbocycles. The van der Waals surface area contributed by atoms with Gasteiger partial charge in [0.2, 0.25) is 0 Å². The smallest absolute Gasteiger partial charge is 0.0971 e. The molecule has 0 fully saturated rings. The van der Waals surface area contributed by atoms with Gasteiger partial charge in [-0.05, 0) is 32.5 Å². The molecule has 0 aliphatic heterocycles. The monoisotopic (exact) mass is 260 g/mol. The van der Waals surface area contributed by atoms with Crippen molar-refractivity contribution < 1.29 is 5.11 Å². The van der Waals surface area contributed by atoms with Crippen LogP contribution in [0, 0.1) is 0 Å². The second-order valence-electron chi connectivity index (χ2n) is 4.84. The zero-order chi connectivity index (χ0) is 13.7. The van der Waals surface area contributed by atoms with Crippen LogP contribution >= 0.6 is 0 Å². The second kappa shape index (κ2) is 6.45. The number of para-hydroxylation sites is 1. The number of rotatable bonds is 6. The highest BCUT2D eigenvalue weighted by Gasteiger charge is 2.06. The average molecular weight is 260 g/mol. The number of aliphatic hydroxyl groups is 1. The lowest BCUT2D eigenvalue weighted by molar-refractivity contribution is 0.162. The normalized spacial score (nSPS) is 12.8. The number of aromatic nitrogens is 3. The van der Waals surface area contributed by atoms with Crippen LogP contribution < -0.4 is 0 Å². The maximum Gasteiger partial charge on any atom is 0.0971 e. The van der Waals surface area contributed by atoms with E-state index in [0.29, 0.717) is 0 Å². The summed E-state index contributed by atoms with van der Waals surface area (Å²) in [6, 6.07) is 9.85. The van der Waals surface area contributed by atoms with Crippen LogP contribution in [0.2, 0.25) is 0 Å². The highest BCUT2D eigenvalue weighted by molar-refractivity contribution is 5.28. The minimum atomic E-state index is -0.262. The summed E-state index contributed by atoms with van der Waals surface area (Å²) >= 11 is 0. The zero-order valence-electron chi connectivity index (χ0n) is 11.4. The third-order valence-corrected chi connectivity index (χ3v) is 2.89. The van der Waals surface area contributed by atoms with Gasteiger partial charge in [-0.2, -0.15) is 15.0 Å². The molecule has 0 aliphatic rings. The maximum absolute atomic E-state index is 9.26. The van der Waals surface area contributed by atoms with E-state index >= 15 is 0 Å². The Morgan fingerprint density at radius 2 is 2.05 bits per heavy atom. The Labute approximate surface area is 113 Å². The molecular formula is C14H20N4O. The molecule has 1 aromatic carbocycles. The Kier molecular flexibility index (Phi) is 4.65. The van der Waals surface area contributed by atoms with E-state index in [0.717, 1.165) is 30.9 Å². The molecule has 102 valence electrons. The van der Waals surface area contributed by atoms with Crippen LogP contribution in [0.5, 0.6) is 0 Å². The molecule has 0 saturated carbocycles. The lowest BCUT2D eigenvalue weighted by Crippen LogP contribution is -2.22. The van der Waals surface area contributed by atoms with Crippen molar-refractivity contribution in [3.05, 3.63) is 42.2 Å². The van der Waals surface area contributed by atoms with Gasteiger partial charge in [0.25, 0.3) is 0 Å². The SMILES string of the molecule is CC(O)CCN(C)Cc1cnn(-c2ccccc2)n1. The summed E-state index contributed by atoms with van der Waals surface area (Å²) < 4.78 is 0. The molecule has 5 heteroatoms. The molecule has 1 N–H and O–H groups in total. The van der Waals surface area contributed by atoms with Crippen molar-refractivity contribution in [2.75, 3.05) is 13.6 Å². The lowest BCUT2D eigenvalue weighted by Gasteiger charge is -2.15. The van der Waals surface area contributed by atoms with Crippen LogP contribution in [0.1, 0.15) is 19.0 Å². The van der Waals surface area contributed by atoms with Gasteiger partial charge in [0.1, 0.15) is 0 Å². The quantitative estimate of drug-likeness (QED) is 0.854. The Bertz CT molecular complexity index is 495. The molecule has 0 bridgehead atoms. The zero-order valence-corrected chi connectivity index (χ0v) is 11.4. The molecule has 1 atom stereocenters. The van der Waals surface area contributed by atoms with Crippen LogP contribution in [0.25, 0.3) is 5.69 Å². The standard InChI is InChI=1S/C14H20N4O/c1-12(19)8-9-17(2)11-13-10-15-18(16-13)14-6-4-3-5-7-14/h3-7,10,12,19H,8-9,11H2,1-2H3. The summed E-state index contributed by atoms with van der Waals surface area (Å²) in [7, 11) is 2.02. The van der Waals surface area contributed by atoms with E-state index in [9.17, 15) is 5.11 Å². The molecule has 1 heterocycles. The number of hydrogen-bond donors (Lipinski definition) is 1. The molecule has 0 radical (unpaired) electrons. The third-order valence-electron chi connectivity index (χ3n) is 2.89. The van der Waals surface area contributed by atoms with Crippen molar-refractivity contribution in [1.29, 1.82) is 0 Å². The first-order chi connectivity index (χ1) is 9.15. The van der Waals surface area contributed by atoms with Gasteiger partial charge in [-0.15, -0.1) is 0 Å². The number of nitrogens with zero attached hydrogens (tertiary/aromatic N) is 4. The Balaban J connectivity index is 1.94. The topological polar surface area (TPSA) is 54.2 Å². The number of aliphatic hydroxyl groups excluding tert-OH is 1. The van der Waals surface area contributed by atoms with Crippen LogP contribution in [0.3, 0.4) is 0 Å². The first-order valence-electron chi connectivity index (χ1n) is 6.48. The van der Waals surface area contributed by atoms with E-state index in [1.54, 1.807) is 17.9 Å². The molecular weight excluding hydrogens is 240 g/mol. The van der Waals surface area contributed by atoms with E-state index in [1.165, 1.54) is 0 Å². The van der Waals surface area contributed by atoms with E-state index in [-0.39, 0.29) is 6.10 Å². The Morgan fingerprint density at radius 3 is 2.74 bits per heavy atom. The largest absolute Gasteiger partial charge is 0.393 e. The fraction of sp³-hybridized carbons (Fsp3) is 0.429. The van der Waals surface area contributed by atoms with Gasteiger partial charge in [-0.1, -0.05) is 18.2 Å². The molecule has 2 rings (SSSR count).